The van der Waals surface area contributed by atoms with Crippen molar-refractivity contribution in [2.24, 2.45) is 0 Å². The molecule has 0 amide bonds. The van der Waals surface area contributed by atoms with Gasteiger partial charge in [0, 0.05) is 13.1 Å². The van der Waals surface area contributed by atoms with Crippen LogP contribution in [0.25, 0.3) is 0 Å². The smallest absolute Gasteiger partial charge is 0.433 e. The summed E-state index contributed by atoms with van der Waals surface area (Å²) >= 11 is 0. The summed E-state index contributed by atoms with van der Waals surface area (Å²) in [5.74, 6) is 0.0898. The van der Waals surface area contributed by atoms with Gasteiger partial charge >= 0.3 is 6.18 Å². The topological polar surface area (TPSA) is 47.0 Å². The normalized spacial score (nSPS) is 11.2. The van der Waals surface area contributed by atoms with Crippen molar-refractivity contribution < 1.29 is 17.9 Å². The molecule has 0 unspecified atom stereocenters. The largest absolute Gasteiger partial charge is 0.439 e. The zero-order valence-corrected chi connectivity index (χ0v) is 10.8. The number of hydrogen-bond acceptors (Lipinski definition) is 4. The lowest BCUT2D eigenvalue weighted by Crippen LogP contribution is -2.11. The SMILES string of the molecule is CNc1nc(Oc2ccc(C)cc2)cc(C(F)(F)F)n1. The first-order valence-corrected chi connectivity index (χ1v) is 5.77. The summed E-state index contributed by atoms with van der Waals surface area (Å²) < 4.78 is 43.4. The third-order valence-electron chi connectivity index (χ3n) is 2.46. The molecular formula is C13H12F3N3O. The van der Waals surface area contributed by atoms with E-state index in [-0.39, 0.29) is 11.8 Å². The van der Waals surface area contributed by atoms with Crippen LogP contribution in [0.1, 0.15) is 11.3 Å². The van der Waals surface area contributed by atoms with Gasteiger partial charge in [0.15, 0.2) is 5.69 Å². The molecule has 0 saturated heterocycles. The van der Waals surface area contributed by atoms with Crippen molar-refractivity contribution >= 4 is 5.95 Å². The van der Waals surface area contributed by atoms with E-state index in [2.05, 4.69) is 15.3 Å². The third-order valence-corrected chi connectivity index (χ3v) is 2.46. The highest BCUT2D eigenvalue weighted by Gasteiger charge is 2.34. The molecule has 1 heterocycles. The van der Waals surface area contributed by atoms with Crippen LogP contribution in [0.3, 0.4) is 0 Å². The molecule has 0 aliphatic carbocycles. The maximum atomic E-state index is 12.7. The van der Waals surface area contributed by atoms with Gasteiger partial charge < -0.3 is 10.1 Å². The van der Waals surface area contributed by atoms with Crippen LogP contribution in [0.4, 0.5) is 19.1 Å². The van der Waals surface area contributed by atoms with Gasteiger partial charge in [-0.2, -0.15) is 18.2 Å². The predicted octanol–water partition coefficient (Wildman–Crippen LogP) is 3.64. The van der Waals surface area contributed by atoms with Crippen LogP contribution in [0.15, 0.2) is 30.3 Å². The fraction of sp³-hybridized carbons (Fsp3) is 0.231. The Kier molecular flexibility index (Phi) is 3.78. The van der Waals surface area contributed by atoms with Crippen LogP contribution in [0.5, 0.6) is 11.6 Å². The van der Waals surface area contributed by atoms with Crippen molar-refractivity contribution in [1.82, 2.24) is 9.97 Å². The molecule has 0 radical (unpaired) electrons. The summed E-state index contributed by atoms with van der Waals surface area (Å²) in [6, 6.07) is 7.66. The zero-order chi connectivity index (χ0) is 14.8. The standard InChI is InChI=1S/C13H12F3N3O/c1-8-3-5-9(6-4-8)20-11-7-10(13(14,15)16)18-12(17-2)19-11/h3-7H,1-2H3,(H,17,18,19). The molecule has 1 aromatic carbocycles. The number of nitrogens with one attached hydrogen (secondary N) is 1. The van der Waals surface area contributed by atoms with Gasteiger partial charge in [0.05, 0.1) is 0 Å². The zero-order valence-electron chi connectivity index (χ0n) is 10.8. The molecule has 1 N–H and O–H groups in total. The Balaban J connectivity index is 2.33. The van der Waals surface area contributed by atoms with Gasteiger partial charge in [-0.05, 0) is 19.1 Å². The van der Waals surface area contributed by atoms with E-state index in [9.17, 15) is 13.2 Å². The van der Waals surface area contributed by atoms with E-state index in [0.29, 0.717) is 5.75 Å². The predicted molar refractivity (Wildman–Crippen MR) is 67.8 cm³/mol. The van der Waals surface area contributed by atoms with E-state index < -0.39 is 11.9 Å². The second-order valence-electron chi connectivity index (χ2n) is 4.08. The Morgan fingerprint density at radius 1 is 1.10 bits per heavy atom. The lowest BCUT2D eigenvalue weighted by atomic mass is 10.2. The number of rotatable bonds is 3. The Labute approximate surface area is 113 Å². The number of nitrogens with zero attached hydrogens (tertiary/aromatic N) is 2. The minimum absolute atomic E-state index is 0.151. The average molecular weight is 283 g/mol. The van der Waals surface area contributed by atoms with Crippen molar-refractivity contribution in [3.05, 3.63) is 41.6 Å². The number of aryl methyl sites for hydroxylation is 1. The van der Waals surface area contributed by atoms with E-state index in [1.165, 1.54) is 7.05 Å². The van der Waals surface area contributed by atoms with Crippen LogP contribution in [0.2, 0.25) is 0 Å². The summed E-state index contributed by atoms with van der Waals surface area (Å²) in [4.78, 5) is 7.19. The molecule has 7 heteroatoms. The maximum Gasteiger partial charge on any atom is 0.433 e. The lowest BCUT2D eigenvalue weighted by molar-refractivity contribution is -0.141. The molecular weight excluding hydrogens is 271 g/mol. The van der Waals surface area contributed by atoms with E-state index in [1.807, 2.05) is 6.92 Å². The third kappa shape index (κ3) is 3.37. The number of halogens is 3. The first-order chi connectivity index (χ1) is 9.38. The number of anilines is 1. The summed E-state index contributed by atoms with van der Waals surface area (Å²) in [6.45, 7) is 1.90. The average Bonchev–Trinajstić information content (AvgIpc) is 2.40. The first kappa shape index (κ1) is 14.1. The van der Waals surface area contributed by atoms with Gasteiger partial charge in [-0.25, -0.2) is 4.98 Å². The Hall–Kier alpha value is -2.31. The molecule has 0 aliphatic heterocycles. The molecule has 0 fully saturated rings. The first-order valence-electron chi connectivity index (χ1n) is 5.77. The molecule has 0 atom stereocenters. The number of hydrogen-bond donors (Lipinski definition) is 1. The second-order valence-corrected chi connectivity index (χ2v) is 4.08. The van der Waals surface area contributed by atoms with Crippen molar-refractivity contribution in [1.29, 1.82) is 0 Å². The molecule has 1 aromatic heterocycles. The van der Waals surface area contributed by atoms with Gasteiger partial charge in [-0.1, -0.05) is 17.7 Å². The quantitative estimate of drug-likeness (QED) is 0.934. The van der Waals surface area contributed by atoms with Crippen LogP contribution in [-0.4, -0.2) is 17.0 Å². The monoisotopic (exact) mass is 283 g/mol. The Bertz CT molecular complexity index is 597. The van der Waals surface area contributed by atoms with Gasteiger partial charge in [-0.3, -0.25) is 0 Å². The summed E-state index contributed by atoms with van der Waals surface area (Å²) in [7, 11) is 1.44. The molecule has 0 spiro atoms. The van der Waals surface area contributed by atoms with Gasteiger partial charge in [0.2, 0.25) is 11.8 Å². The molecule has 4 nitrogen and oxygen atoms in total. The van der Waals surface area contributed by atoms with Crippen molar-refractivity contribution in [3.63, 3.8) is 0 Å². The highest BCUT2D eigenvalue weighted by molar-refractivity contribution is 5.35. The molecule has 20 heavy (non-hydrogen) atoms. The number of benzene rings is 1. The van der Waals surface area contributed by atoms with Crippen LogP contribution in [-0.2, 0) is 6.18 Å². The number of ether oxygens (including phenoxy) is 1. The molecule has 0 saturated carbocycles. The Morgan fingerprint density at radius 2 is 1.75 bits per heavy atom. The fourth-order valence-electron chi connectivity index (χ4n) is 1.46. The lowest BCUT2D eigenvalue weighted by Gasteiger charge is -2.10. The summed E-state index contributed by atoms with van der Waals surface area (Å²) in [6.07, 6.45) is -4.56. The minimum atomic E-state index is -4.56. The number of aromatic nitrogens is 2. The highest BCUT2D eigenvalue weighted by Crippen LogP contribution is 2.31. The van der Waals surface area contributed by atoms with E-state index >= 15 is 0 Å². The summed E-state index contributed by atoms with van der Waals surface area (Å²) in [5.41, 5.74) is -0.0362. The number of alkyl halides is 3. The van der Waals surface area contributed by atoms with Gasteiger partial charge in [0.1, 0.15) is 5.75 Å². The Morgan fingerprint density at radius 3 is 2.30 bits per heavy atom. The molecule has 2 rings (SSSR count). The van der Waals surface area contributed by atoms with Crippen molar-refractivity contribution in [2.45, 2.75) is 13.1 Å². The van der Waals surface area contributed by atoms with Crippen LogP contribution < -0.4 is 10.1 Å². The van der Waals surface area contributed by atoms with Crippen molar-refractivity contribution in [3.8, 4) is 11.6 Å². The highest BCUT2D eigenvalue weighted by atomic mass is 19.4. The minimum Gasteiger partial charge on any atom is -0.439 e. The summed E-state index contributed by atoms with van der Waals surface area (Å²) in [5, 5.41) is 2.47. The van der Waals surface area contributed by atoms with Crippen LogP contribution in [0, 0.1) is 6.92 Å². The second kappa shape index (κ2) is 5.36. The van der Waals surface area contributed by atoms with Crippen molar-refractivity contribution in [2.75, 3.05) is 12.4 Å². The molecule has 0 aliphatic rings. The van der Waals surface area contributed by atoms with E-state index in [0.717, 1.165) is 11.6 Å². The van der Waals surface area contributed by atoms with Gasteiger partial charge in [-0.15, -0.1) is 0 Å². The fourth-order valence-corrected chi connectivity index (χ4v) is 1.46. The van der Waals surface area contributed by atoms with Crippen LogP contribution >= 0.6 is 0 Å². The molecule has 0 bridgehead atoms. The van der Waals surface area contributed by atoms with Gasteiger partial charge in [0.25, 0.3) is 0 Å². The molecule has 2 aromatic rings. The maximum absolute atomic E-state index is 12.7. The van der Waals surface area contributed by atoms with E-state index in [1.54, 1.807) is 24.3 Å². The van der Waals surface area contributed by atoms with E-state index in [4.69, 9.17) is 4.74 Å². The molecule has 106 valence electrons.